The number of alkyl halides is 1. The van der Waals surface area contributed by atoms with Crippen LogP contribution in [0.3, 0.4) is 0 Å². The average Bonchev–Trinajstić information content (AvgIpc) is 2.02. The molecule has 76 valence electrons. The minimum absolute atomic E-state index is 0.0721. The van der Waals surface area contributed by atoms with Gasteiger partial charge in [-0.15, -0.1) is 11.6 Å². The predicted octanol–water partition coefficient (Wildman–Crippen LogP) is 0.254. The molecule has 2 amide bonds. The fourth-order valence-corrected chi connectivity index (χ4v) is 0.832. The van der Waals surface area contributed by atoms with Crippen LogP contribution in [0.2, 0.25) is 0 Å². The molecule has 5 heteroatoms. The molecule has 0 saturated carbocycles. The van der Waals surface area contributed by atoms with Crippen LogP contribution in [0.4, 0.5) is 0 Å². The van der Waals surface area contributed by atoms with Gasteiger partial charge < -0.3 is 10.6 Å². The van der Waals surface area contributed by atoms with E-state index in [4.69, 9.17) is 11.6 Å². The second kappa shape index (κ2) is 5.80. The zero-order valence-electron chi connectivity index (χ0n) is 8.06. The van der Waals surface area contributed by atoms with E-state index in [-0.39, 0.29) is 23.7 Å². The van der Waals surface area contributed by atoms with E-state index >= 15 is 0 Å². The van der Waals surface area contributed by atoms with E-state index in [0.29, 0.717) is 0 Å². The van der Waals surface area contributed by atoms with E-state index in [1.807, 2.05) is 13.8 Å². The minimum Gasteiger partial charge on any atom is -0.352 e. The highest BCUT2D eigenvalue weighted by atomic mass is 35.5. The van der Waals surface area contributed by atoms with Crippen molar-refractivity contribution < 1.29 is 9.59 Å². The van der Waals surface area contributed by atoms with Crippen molar-refractivity contribution in [2.24, 2.45) is 0 Å². The Balaban J connectivity index is 3.89. The Bertz CT molecular complexity index is 195. The van der Waals surface area contributed by atoms with Crippen molar-refractivity contribution in [1.29, 1.82) is 0 Å². The summed E-state index contributed by atoms with van der Waals surface area (Å²) in [5, 5.41) is 5.13. The van der Waals surface area contributed by atoms with Crippen molar-refractivity contribution >= 4 is 23.4 Å². The topological polar surface area (TPSA) is 58.2 Å². The fraction of sp³-hybridized carbons (Fsp3) is 0.750. The molecule has 0 fully saturated rings. The van der Waals surface area contributed by atoms with Crippen LogP contribution >= 0.6 is 11.6 Å². The van der Waals surface area contributed by atoms with Gasteiger partial charge in [0.1, 0.15) is 11.9 Å². The van der Waals surface area contributed by atoms with Gasteiger partial charge in [0.05, 0.1) is 0 Å². The molecule has 0 bridgehead atoms. The summed E-state index contributed by atoms with van der Waals surface area (Å²) in [4.78, 5) is 22.0. The Labute approximate surface area is 83.0 Å². The van der Waals surface area contributed by atoms with E-state index in [2.05, 4.69) is 10.6 Å². The van der Waals surface area contributed by atoms with Crippen LogP contribution in [-0.4, -0.2) is 29.8 Å². The van der Waals surface area contributed by atoms with E-state index in [9.17, 15) is 9.59 Å². The van der Waals surface area contributed by atoms with Crippen molar-refractivity contribution in [2.75, 3.05) is 5.88 Å². The summed E-state index contributed by atoms with van der Waals surface area (Å²) in [6.07, 6.45) is 0. The molecule has 0 heterocycles. The van der Waals surface area contributed by atoms with E-state index in [1.165, 1.54) is 0 Å². The van der Waals surface area contributed by atoms with Gasteiger partial charge in [-0.05, 0) is 20.8 Å². The van der Waals surface area contributed by atoms with Crippen molar-refractivity contribution in [1.82, 2.24) is 10.6 Å². The van der Waals surface area contributed by atoms with Crippen LogP contribution in [0.1, 0.15) is 20.8 Å². The summed E-state index contributed by atoms with van der Waals surface area (Å²) in [6.45, 7) is 5.32. The Morgan fingerprint density at radius 3 is 2.15 bits per heavy atom. The highest BCUT2D eigenvalue weighted by molar-refractivity contribution is 6.27. The lowest BCUT2D eigenvalue weighted by Crippen LogP contribution is -2.47. The third-order valence-electron chi connectivity index (χ3n) is 1.32. The lowest BCUT2D eigenvalue weighted by Gasteiger charge is -2.15. The molecular formula is C8H15ClN2O2. The summed E-state index contributed by atoms with van der Waals surface area (Å²) >= 11 is 5.26. The Morgan fingerprint density at radius 2 is 1.77 bits per heavy atom. The molecule has 0 rings (SSSR count). The van der Waals surface area contributed by atoms with Crippen molar-refractivity contribution in [3.8, 4) is 0 Å². The molecule has 0 saturated heterocycles. The van der Waals surface area contributed by atoms with E-state index in [1.54, 1.807) is 6.92 Å². The van der Waals surface area contributed by atoms with Gasteiger partial charge in [-0.3, -0.25) is 9.59 Å². The van der Waals surface area contributed by atoms with Crippen molar-refractivity contribution in [3.05, 3.63) is 0 Å². The molecule has 0 aliphatic heterocycles. The molecule has 0 spiro atoms. The monoisotopic (exact) mass is 206 g/mol. The normalized spacial score (nSPS) is 12.4. The number of rotatable bonds is 4. The quantitative estimate of drug-likeness (QED) is 0.649. The van der Waals surface area contributed by atoms with Crippen molar-refractivity contribution in [2.45, 2.75) is 32.9 Å². The lowest BCUT2D eigenvalue weighted by atomic mass is 10.3. The fourth-order valence-electron chi connectivity index (χ4n) is 0.755. The zero-order chi connectivity index (χ0) is 10.4. The number of amides is 2. The van der Waals surface area contributed by atoms with Gasteiger partial charge in [-0.1, -0.05) is 0 Å². The largest absolute Gasteiger partial charge is 0.352 e. The molecule has 13 heavy (non-hydrogen) atoms. The van der Waals surface area contributed by atoms with Crippen LogP contribution in [-0.2, 0) is 9.59 Å². The Morgan fingerprint density at radius 1 is 1.23 bits per heavy atom. The number of hydrogen-bond acceptors (Lipinski definition) is 2. The Kier molecular flexibility index (Phi) is 5.46. The summed E-state index contributed by atoms with van der Waals surface area (Å²) in [5.41, 5.74) is 0. The molecular weight excluding hydrogens is 192 g/mol. The number of carbonyl (C=O) groups excluding carboxylic acids is 2. The third kappa shape index (κ3) is 5.47. The Hall–Kier alpha value is -0.770. The van der Waals surface area contributed by atoms with Crippen LogP contribution in [0.15, 0.2) is 0 Å². The second-order valence-corrected chi connectivity index (χ2v) is 3.35. The van der Waals surface area contributed by atoms with Crippen LogP contribution in [0.5, 0.6) is 0 Å². The summed E-state index contributed by atoms with van der Waals surface area (Å²) in [5.74, 6) is -0.666. The SMILES string of the molecule is CC(C)NC(=O)C(C)NC(=O)CCl. The summed E-state index contributed by atoms with van der Waals surface area (Å²) < 4.78 is 0. The first-order chi connectivity index (χ1) is 5.97. The second-order valence-electron chi connectivity index (χ2n) is 3.09. The first-order valence-electron chi connectivity index (χ1n) is 4.13. The molecule has 1 unspecified atom stereocenters. The highest BCUT2D eigenvalue weighted by Gasteiger charge is 2.14. The zero-order valence-corrected chi connectivity index (χ0v) is 8.81. The number of hydrogen-bond donors (Lipinski definition) is 2. The summed E-state index contributed by atoms with van der Waals surface area (Å²) in [7, 11) is 0. The van der Waals surface area contributed by atoms with E-state index < -0.39 is 6.04 Å². The first kappa shape index (κ1) is 12.2. The number of carbonyl (C=O) groups is 2. The molecule has 4 nitrogen and oxygen atoms in total. The third-order valence-corrected chi connectivity index (χ3v) is 1.57. The summed E-state index contributed by atoms with van der Waals surface area (Å²) in [6, 6.07) is -0.462. The van der Waals surface area contributed by atoms with Gasteiger partial charge in [-0.2, -0.15) is 0 Å². The molecule has 2 N–H and O–H groups in total. The van der Waals surface area contributed by atoms with Crippen LogP contribution < -0.4 is 10.6 Å². The molecule has 0 radical (unpaired) electrons. The number of halogens is 1. The van der Waals surface area contributed by atoms with E-state index in [0.717, 1.165) is 0 Å². The van der Waals surface area contributed by atoms with Crippen LogP contribution in [0.25, 0.3) is 0 Å². The molecule has 0 aromatic carbocycles. The molecule has 0 aliphatic rings. The smallest absolute Gasteiger partial charge is 0.242 e. The van der Waals surface area contributed by atoms with Gasteiger partial charge in [0.15, 0.2) is 0 Å². The molecule has 1 atom stereocenters. The van der Waals surface area contributed by atoms with Gasteiger partial charge in [0, 0.05) is 6.04 Å². The standard InChI is InChI=1S/C8H15ClN2O2/c1-5(2)10-8(13)6(3)11-7(12)4-9/h5-6H,4H2,1-3H3,(H,10,13)(H,11,12). The van der Waals surface area contributed by atoms with Gasteiger partial charge in [-0.25, -0.2) is 0 Å². The minimum atomic E-state index is -0.534. The maximum Gasteiger partial charge on any atom is 0.242 e. The lowest BCUT2D eigenvalue weighted by molar-refractivity contribution is -0.127. The van der Waals surface area contributed by atoms with Gasteiger partial charge in [0.2, 0.25) is 11.8 Å². The molecule has 0 aromatic heterocycles. The maximum atomic E-state index is 11.2. The first-order valence-corrected chi connectivity index (χ1v) is 4.66. The average molecular weight is 207 g/mol. The molecule has 0 aliphatic carbocycles. The predicted molar refractivity (Wildman–Crippen MR) is 51.6 cm³/mol. The maximum absolute atomic E-state index is 11.2. The number of nitrogens with one attached hydrogen (secondary N) is 2. The van der Waals surface area contributed by atoms with Crippen molar-refractivity contribution in [3.63, 3.8) is 0 Å². The molecule has 0 aromatic rings. The highest BCUT2D eigenvalue weighted by Crippen LogP contribution is 1.86. The van der Waals surface area contributed by atoms with Gasteiger partial charge in [0.25, 0.3) is 0 Å². The van der Waals surface area contributed by atoms with Crippen LogP contribution in [0, 0.1) is 0 Å². The van der Waals surface area contributed by atoms with Gasteiger partial charge >= 0.3 is 0 Å².